The van der Waals surface area contributed by atoms with E-state index in [2.05, 4.69) is 5.32 Å². The van der Waals surface area contributed by atoms with E-state index < -0.39 is 6.10 Å². The van der Waals surface area contributed by atoms with Crippen molar-refractivity contribution in [3.8, 4) is 0 Å². The minimum Gasteiger partial charge on any atom is -0.390 e. The highest BCUT2D eigenvalue weighted by Gasteiger charge is 2.31. The van der Waals surface area contributed by atoms with Gasteiger partial charge in [0.15, 0.2) is 0 Å². The normalized spacial score (nSPS) is 23.1. The minimum atomic E-state index is -0.507. The van der Waals surface area contributed by atoms with Crippen LogP contribution in [0, 0.1) is 6.92 Å². The molecule has 1 saturated heterocycles. The van der Waals surface area contributed by atoms with Gasteiger partial charge in [-0.15, -0.1) is 0 Å². The summed E-state index contributed by atoms with van der Waals surface area (Å²) in [6.07, 6.45) is -0.507. The molecule has 0 unspecified atom stereocenters. The number of aliphatic hydroxyl groups excluding tert-OH is 1. The van der Waals surface area contributed by atoms with Crippen LogP contribution in [-0.2, 0) is 0 Å². The summed E-state index contributed by atoms with van der Waals surface area (Å²) in [4.78, 5) is 13.9. The third kappa shape index (κ3) is 2.51. The second-order valence-corrected chi connectivity index (χ2v) is 5.08. The molecule has 2 N–H and O–H groups in total. The van der Waals surface area contributed by atoms with Gasteiger partial charge in [0.05, 0.1) is 12.1 Å². The van der Waals surface area contributed by atoms with E-state index in [0.29, 0.717) is 23.7 Å². The third-order valence-electron chi connectivity index (χ3n) is 3.37. The maximum atomic E-state index is 12.3. The first kappa shape index (κ1) is 13.3. The van der Waals surface area contributed by atoms with Gasteiger partial charge in [0, 0.05) is 30.7 Å². The Morgan fingerprint density at radius 3 is 2.78 bits per heavy atom. The molecule has 2 rings (SSSR count). The molecular formula is C13H17ClN2O2. The molecule has 1 amide bonds. The Balaban J connectivity index is 2.17. The van der Waals surface area contributed by atoms with Crippen LogP contribution in [-0.4, -0.2) is 48.2 Å². The molecule has 0 saturated carbocycles. The summed E-state index contributed by atoms with van der Waals surface area (Å²) in [6.45, 7) is 3.02. The lowest BCUT2D eigenvalue weighted by Gasteiger charge is -2.26. The number of rotatable bonds is 2. The molecule has 4 nitrogen and oxygen atoms in total. The number of halogens is 1. The number of amides is 1. The Bertz CT molecular complexity index is 464. The highest BCUT2D eigenvalue weighted by molar-refractivity contribution is 6.31. The SMILES string of the molecule is Cc1cc(C(=O)N(C)[C@H]2CNC[C@@H]2O)ccc1Cl. The molecule has 2 atom stereocenters. The molecule has 1 fully saturated rings. The molecule has 98 valence electrons. The van der Waals surface area contributed by atoms with Crippen molar-refractivity contribution in [1.82, 2.24) is 10.2 Å². The Labute approximate surface area is 112 Å². The highest BCUT2D eigenvalue weighted by Crippen LogP contribution is 2.18. The Kier molecular flexibility index (Phi) is 3.90. The van der Waals surface area contributed by atoms with E-state index in [9.17, 15) is 9.90 Å². The summed E-state index contributed by atoms with van der Waals surface area (Å²) >= 11 is 5.94. The summed E-state index contributed by atoms with van der Waals surface area (Å²) in [6, 6.07) is 5.04. The van der Waals surface area contributed by atoms with E-state index in [-0.39, 0.29) is 11.9 Å². The predicted octanol–water partition coefficient (Wildman–Crippen LogP) is 1.05. The van der Waals surface area contributed by atoms with Crippen LogP contribution in [0.1, 0.15) is 15.9 Å². The number of benzene rings is 1. The summed E-state index contributed by atoms with van der Waals surface area (Å²) < 4.78 is 0. The second kappa shape index (κ2) is 5.26. The summed E-state index contributed by atoms with van der Waals surface area (Å²) in [7, 11) is 1.72. The van der Waals surface area contributed by atoms with Crippen LogP contribution in [0.4, 0.5) is 0 Å². The smallest absolute Gasteiger partial charge is 0.253 e. The van der Waals surface area contributed by atoms with Crippen molar-refractivity contribution in [3.63, 3.8) is 0 Å². The summed E-state index contributed by atoms with van der Waals surface area (Å²) in [5.41, 5.74) is 1.47. The first-order valence-electron chi connectivity index (χ1n) is 5.93. The zero-order valence-corrected chi connectivity index (χ0v) is 11.2. The Morgan fingerprint density at radius 2 is 2.22 bits per heavy atom. The molecule has 1 aromatic carbocycles. The van der Waals surface area contributed by atoms with Crippen molar-refractivity contribution in [1.29, 1.82) is 0 Å². The van der Waals surface area contributed by atoms with E-state index in [1.54, 1.807) is 30.1 Å². The van der Waals surface area contributed by atoms with Gasteiger partial charge in [-0.1, -0.05) is 11.6 Å². The number of hydrogen-bond acceptors (Lipinski definition) is 3. The molecular weight excluding hydrogens is 252 g/mol. The van der Waals surface area contributed by atoms with Crippen molar-refractivity contribution < 1.29 is 9.90 Å². The van der Waals surface area contributed by atoms with E-state index >= 15 is 0 Å². The van der Waals surface area contributed by atoms with Crippen molar-refractivity contribution >= 4 is 17.5 Å². The molecule has 1 aromatic rings. The van der Waals surface area contributed by atoms with Gasteiger partial charge in [0.25, 0.3) is 5.91 Å². The molecule has 0 spiro atoms. The van der Waals surface area contributed by atoms with E-state index in [0.717, 1.165) is 5.56 Å². The van der Waals surface area contributed by atoms with E-state index in [1.807, 2.05) is 6.92 Å². The van der Waals surface area contributed by atoms with Gasteiger partial charge in [0.2, 0.25) is 0 Å². The fourth-order valence-corrected chi connectivity index (χ4v) is 2.30. The van der Waals surface area contributed by atoms with Gasteiger partial charge in [0.1, 0.15) is 0 Å². The number of β-amino-alcohol motifs (C(OH)–C–C–N with tert-alkyl or cyclic N) is 1. The molecule has 0 radical (unpaired) electrons. The summed E-state index contributed by atoms with van der Waals surface area (Å²) in [5.74, 6) is -0.0949. The zero-order valence-electron chi connectivity index (χ0n) is 10.5. The van der Waals surface area contributed by atoms with Gasteiger partial charge in [-0.3, -0.25) is 4.79 Å². The fourth-order valence-electron chi connectivity index (χ4n) is 2.18. The molecule has 1 aliphatic heterocycles. The number of aryl methyl sites for hydroxylation is 1. The lowest BCUT2D eigenvalue weighted by Crippen LogP contribution is -2.44. The van der Waals surface area contributed by atoms with E-state index in [4.69, 9.17) is 11.6 Å². The molecule has 0 aliphatic carbocycles. The van der Waals surface area contributed by atoms with Crippen molar-refractivity contribution in [2.75, 3.05) is 20.1 Å². The van der Waals surface area contributed by atoms with Crippen LogP contribution in [0.15, 0.2) is 18.2 Å². The first-order chi connectivity index (χ1) is 8.50. The maximum absolute atomic E-state index is 12.3. The number of nitrogens with one attached hydrogen (secondary N) is 1. The van der Waals surface area contributed by atoms with Gasteiger partial charge in [-0.05, 0) is 30.7 Å². The minimum absolute atomic E-state index is 0.0949. The molecule has 18 heavy (non-hydrogen) atoms. The van der Waals surface area contributed by atoms with Crippen molar-refractivity contribution in [3.05, 3.63) is 34.3 Å². The molecule has 0 bridgehead atoms. The molecule has 1 aliphatic rings. The first-order valence-corrected chi connectivity index (χ1v) is 6.30. The molecule has 1 heterocycles. The lowest BCUT2D eigenvalue weighted by molar-refractivity contribution is 0.0581. The second-order valence-electron chi connectivity index (χ2n) is 4.67. The average Bonchev–Trinajstić information content (AvgIpc) is 2.77. The van der Waals surface area contributed by atoms with Crippen LogP contribution in [0.3, 0.4) is 0 Å². The molecule has 0 aromatic heterocycles. The highest BCUT2D eigenvalue weighted by atomic mass is 35.5. The third-order valence-corrected chi connectivity index (χ3v) is 3.80. The number of carbonyl (C=O) groups excluding carboxylic acids is 1. The largest absolute Gasteiger partial charge is 0.390 e. The van der Waals surface area contributed by atoms with Crippen LogP contribution in [0.25, 0.3) is 0 Å². The van der Waals surface area contributed by atoms with Crippen LogP contribution < -0.4 is 5.32 Å². The summed E-state index contributed by atoms with van der Waals surface area (Å²) in [5, 5.41) is 13.5. The van der Waals surface area contributed by atoms with E-state index in [1.165, 1.54) is 0 Å². The number of aliphatic hydroxyl groups is 1. The van der Waals surface area contributed by atoms with Gasteiger partial charge in [-0.2, -0.15) is 0 Å². The standard InChI is InChI=1S/C13H17ClN2O2/c1-8-5-9(3-4-10(8)14)13(18)16(2)11-6-15-7-12(11)17/h3-5,11-12,15,17H,6-7H2,1-2H3/t11-,12-/m0/s1. The quantitative estimate of drug-likeness (QED) is 0.843. The van der Waals surface area contributed by atoms with Crippen molar-refractivity contribution in [2.45, 2.75) is 19.1 Å². The van der Waals surface area contributed by atoms with Crippen LogP contribution in [0.2, 0.25) is 5.02 Å². The number of nitrogens with zero attached hydrogens (tertiary/aromatic N) is 1. The number of hydrogen-bond donors (Lipinski definition) is 2. The van der Waals surface area contributed by atoms with Gasteiger partial charge in [-0.25, -0.2) is 0 Å². The van der Waals surface area contributed by atoms with Gasteiger partial charge >= 0.3 is 0 Å². The van der Waals surface area contributed by atoms with Crippen LogP contribution in [0.5, 0.6) is 0 Å². The maximum Gasteiger partial charge on any atom is 0.253 e. The lowest BCUT2D eigenvalue weighted by atomic mass is 10.1. The monoisotopic (exact) mass is 268 g/mol. The number of carbonyl (C=O) groups is 1. The molecule has 5 heteroatoms. The Hall–Kier alpha value is -1.10. The van der Waals surface area contributed by atoms with Crippen molar-refractivity contribution in [2.24, 2.45) is 0 Å². The fraction of sp³-hybridized carbons (Fsp3) is 0.462. The van der Waals surface area contributed by atoms with Gasteiger partial charge < -0.3 is 15.3 Å². The topological polar surface area (TPSA) is 52.6 Å². The van der Waals surface area contributed by atoms with Crippen LogP contribution >= 0.6 is 11.6 Å². The Morgan fingerprint density at radius 1 is 1.50 bits per heavy atom. The number of likely N-dealkylation sites (N-methyl/N-ethyl adjacent to an activating group) is 1. The zero-order chi connectivity index (χ0) is 13.3. The average molecular weight is 269 g/mol. The predicted molar refractivity (Wildman–Crippen MR) is 70.9 cm³/mol.